The topological polar surface area (TPSA) is 43.4 Å². The largest absolute Gasteiger partial charge is 0.393 e. The molecule has 0 aliphatic carbocycles. The van der Waals surface area contributed by atoms with E-state index in [0.29, 0.717) is 0 Å². The quantitative estimate of drug-likeness (QED) is 0.400. The smallest absolute Gasteiger partial charge is 0.318 e. The second-order valence-electron chi connectivity index (χ2n) is 2.53. The van der Waals surface area contributed by atoms with Crippen LogP contribution < -0.4 is 0 Å². The molecule has 62 valence electrons. The van der Waals surface area contributed by atoms with Gasteiger partial charge in [-0.1, -0.05) is 22.9 Å². The molecule has 0 saturated carbocycles. The molecule has 1 aliphatic heterocycles. The van der Waals surface area contributed by atoms with E-state index in [2.05, 4.69) is 20.7 Å². The van der Waals surface area contributed by atoms with E-state index in [9.17, 15) is 9.59 Å². The Balaban J connectivity index is 2.59. The van der Waals surface area contributed by atoms with Gasteiger partial charge in [-0.2, -0.15) is 0 Å². The second-order valence-corrected chi connectivity index (χ2v) is 3.70. The molecule has 0 spiro atoms. The van der Waals surface area contributed by atoms with Gasteiger partial charge in [0.1, 0.15) is 0 Å². The van der Waals surface area contributed by atoms with Gasteiger partial charge in [0.05, 0.1) is 12.3 Å². The summed E-state index contributed by atoms with van der Waals surface area (Å²) < 4.78 is 4.39. The lowest BCUT2D eigenvalue weighted by atomic mass is 10.0. The predicted octanol–water partition coefficient (Wildman–Crippen LogP) is 1.25. The number of alkyl halides is 1. The Labute approximate surface area is 73.2 Å². The first-order valence-corrected chi connectivity index (χ1v) is 4.45. The molecule has 0 aromatic rings. The Morgan fingerprint density at radius 1 is 1.73 bits per heavy atom. The fraction of sp³-hybridized carbons (Fsp3) is 0.714. The maximum atomic E-state index is 10.9. The first-order chi connectivity index (χ1) is 5.15. The minimum absolute atomic E-state index is 0.0708. The zero-order valence-corrected chi connectivity index (χ0v) is 7.76. The zero-order valence-electron chi connectivity index (χ0n) is 6.17. The Bertz CT molecular complexity index is 190. The predicted molar refractivity (Wildman–Crippen MR) is 42.2 cm³/mol. The number of hydrogen-bond acceptors (Lipinski definition) is 3. The molecule has 1 heterocycles. The molecule has 3 nitrogen and oxygen atoms in total. The fourth-order valence-electron chi connectivity index (χ4n) is 1.05. The van der Waals surface area contributed by atoms with Gasteiger partial charge in [-0.15, -0.1) is 0 Å². The van der Waals surface area contributed by atoms with Crippen molar-refractivity contribution in [2.45, 2.75) is 24.6 Å². The van der Waals surface area contributed by atoms with Gasteiger partial charge in [0.15, 0.2) is 0 Å². The van der Waals surface area contributed by atoms with Crippen molar-refractivity contribution < 1.29 is 14.3 Å². The summed E-state index contributed by atoms with van der Waals surface area (Å²) in [7, 11) is 0. The first-order valence-electron chi connectivity index (χ1n) is 3.53. The molecule has 0 aromatic carbocycles. The summed E-state index contributed by atoms with van der Waals surface area (Å²) in [6.07, 6.45) is 1.05. The second kappa shape index (κ2) is 3.34. The van der Waals surface area contributed by atoms with Crippen molar-refractivity contribution in [1.29, 1.82) is 0 Å². The monoisotopic (exact) mass is 220 g/mol. The standard InChI is InChI=1S/C7H9BrO3/c1-2-5(8)4-3-6(9)11-7(4)10/h4-5H,2-3H2,1H3. The van der Waals surface area contributed by atoms with Crippen molar-refractivity contribution >= 4 is 27.9 Å². The molecule has 0 N–H and O–H groups in total. The van der Waals surface area contributed by atoms with Crippen LogP contribution in [0.4, 0.5) is 0 Å². The third kappa shape index (κ3) is 1.80. The molecule has 1 rings (SSSR count). The van der Waals surface area contributed by atoms with Crippen LogP contribution in [0.3, 0.4) is 0 Å². The third-order valence-corrected chi connectivity index (χ3v) is 3.02. The molecule has 1 fully saturated rings. The maximum absolute atomic E-state index is 10.9. The Morgan fingerprint density at radius 3 is 2.73 bits per heavy atom. The summed E-state index contributed by atoms with van der Waals surface area (Å²) in [6, 6.07) is 0. The molecule has 0 amide bonds. The minimum Gasteiger partial charge on any atom is -0.393 e. The number of hydrogen-bond donors (Lipinski definition) is 0. The van der Waals surface area contributed by atoms with Crippen LogP contribution in [0, 0.1) is 5.92 Å². The van der Waals surface area contributed by atoms with Gasteiger partial charge in [0.25, 0.3) is 0 Å². The minimum atomic E-state index is -0.405. The summed E-state index contributed by atoms with van der Waals surface area (Å²) in [5, 5.41) is 0. The molecule has 0 bridgehead atoms. The maximum Gasteiger partial charge on any atom is 0.318 e. The normalized spacial score (nSPS) is 26.9. The summed E-state index contributed by atoms with van der Waals surface area (Å²) in [5.41, 5.74) is 0. The number of ether oxygens (including phenoxy) is 1. The first kappa shape index (κ1) is 8.71. The lowest BCUT2D eigenvalue weighted by Gasteiger charge is -2.08. The van der Waals surface area contributed by atoms with Crippen LogP contribution in [0.25, 0.3) is 0 Å². The van der Waals surface area contributed by atoms with Crippen LogP contribution in [0.2, 0.25) is 0 Å². The van der Waals surface area contributed by atoms with Gasteiger partial charge in [-0.05, 0) is 6.42 Å². The van der Waals surface area contributed by atoms with Crippen molar-refractivity contribution in [2.24, 2.45) is 5.92 Å². The lowest BCUT2D eigenvalue weighted by Crippen LogP contribution is -2.18. The van der Waals surface area contributed by atoms with Crippen LogP contribution >= 0.6 is 15.9 Å². The molecule has 1 aliphatic rings. The van der Waals surface area contributed by atoms with Crippen molar-refractivity contribution in [3.63, 3.8) is 0 Å². The van der Waals surface area contributed by atoms with Crippen LogP contribution in [-0.4, -0.2) is 16.8 Å². The third-order valence-electron chi connectivity index (χ3n) is 1.73. The molecule has 1 saturated heterocycles. The molecular weight excluding hydrogens is 212 g/mol. The molecule has 11 heavy (non-hydrogen) atoms. The number of halogens is 1. The van der Waals surface area contributed by atoms with Gasteiger partial charge in [-0.3, -0.25) is 9.59 Å². The molecular formula is C7H9BrO3. The Hall–Kier alpha value is -0.380. The number of cyclic esters (lactones) is 2. The van der Waals surface area contributed by atoms with Gasteiger partial charge in [-0.25, -0.2) is 0 Å². The van der Waals surface area contributed by atoms with Crippen molar-refractivity contribution in [3.8, 4) is 0 Å². The van der Waals surface area contributed by atoms with Crippen LogP contribution in [0.1, 0.15) is 19.8 Å². The Kier molecular flexibility index (Phi) is 2.65. The van der Waals surface area contributed by atoms with Crippen LogP contribution in [0.5, 0.6) is 0 Å². The summed E-state index contributed by atoms with van der Waals surface area (Å²) in [4.78, 5) is 21.6. The van der Waals surface area contributed by atoms with E-state index in [0.717, 1.165) is 6.42 Å². The van der Waals surface area contributed by atoms with E-state index < -0.39 is 11.9 Å². The fourth-order valence-corrected chi connectivity index (χ4v) is 1.46. The average Bonchev–Trinajstić information content (AvgIpc) is 2.28. The van der Waals surface area contributed by atoms with Crippen molar-refractivity contribution in [3.05, 3.63) is 0 Å². The van der Waals surface area contributed by atoms with Crippen LogP contribution in [0.15, 0.2) is 0 Å². The average molecular weight is 221 g/mol. The van der Waals surface area contributed by atoms with Crippen molar-refractivity contribution in [2.75, 3.05) is 0 Å². The van der Waals surface area contributed by atoms with E-state index >= 15 is 0 Å². The number of rotatable bonds is 2. The van der Waals surface area contributed by atoms with E-state index in [1.165, 1.54) is 0 Å². The molecule has 2 unspecified atom stereocenters. The summed E-state index contributed by atoms with van der Waals surface area (Å²) >= 11 is 3.32. The summed E-state index contributed by atoms with van der Waals surface area (Å²) in [5.74, 6) is -1.07. The highest BCUT2D eigenvalue weighted by Gasteiger charge is 2.37. The highest BCUT2D eigenvalue weighted by atomic mass is 79.9. The van der Waals surface area contributed by atoms with E-state index in [1.54, 1.807) is 0 Å². The van der Waals surface area contributed by atoms with Gasteiger partial charge < -0.3 is 4.74 Å². The van der Waals surface area contributed by atoms with Crippen LogP contribution in [-0.2, 0) is 14.3 Å². The number of carbonyl (C=O) groups excluding carboxylic acids is 2. The van der Waals surface area contributed by atoms with Gasteiger partial charge in [0.2, 0.25) is 0 Å². The summed E-state index contributed by atoms with van der Waals surface area (Å²) in [6.45, 7) is 1.95. The molecule has 0 aromatic heterocycles. The lowest BCUT2D eigenvalue weighted by molar-refractivity contribution is -0.153. The highest BCUT2D eigenvalue weighted by Crippen LogP contribution is 2.26. The highest BCUT2D eigenvalue weighted by molar-refractivity contribution is 9.09. The zero-order chi connectivity index (χ0) is 8.43. The molecule has 4 heteroatoms. The molecule has 2 atom stereocenters. The van der Waals surface area contributed by atoms with E-state index in [1.807, 2.05) is 6.92 Å². The molecule has 0 radical (unpaired) electrons. The van der Waals surface area contributed by atoms with E-state index in [-0.39, 0.29) is 17.2 Å². The Morgan fingerprint density at radius 2 is 2.36 bits per heavy atom. The van der Waals surface area contributed by atoms with Crippen molar-refractivity contribution in [1.82, 2.24) is 0 Å². The SMILES string of the molecule is CCC(Br)C1CC(=O)OC1=O. The number of esters is 2. The van der Waals surface area contributed by atoms with Gasteiger partial charge in [0, 0.05) is 4.83 Å². The number of carbonyl (C=O) groups is 2. The van der Waals surface area contributed by atoms with Gasteiger partial charge >= 0.3 is 11.9 Å². The van der Waals surface area contributed by atoms with E-state index in [4.69, 9.17) is 0 Å².